The molecule has 7 heteroatoms. The Kier molecular flexibility index (Phi) is 4.64. The van der Waals surface area contributed by atoms with E-state index in [0.717, 1.165) is 6.07 Å². The van der Waals surface area contributed by atoms with Crippen molar-refractivity contribution in [2.24, 2.45) is 4.99 Å². The highest BCUT2D eigenvalue weighted by molar-refractivity contribution is 7.85. The van der Waals surface area contributed by atoms with E-state index in [1.54, 1.807) is 0 Å². The summed E-state index contributed by atoms with van der Waals surface area (Å²) in [6.45, 7) is 1.53. The van der Waals surface area contributed by atoms with Crippen molar-refractivity contribution < 1.29 is 17.8 Å². The van der Waals surface area contributed by atoms with Crippen molar-refractivity contribution in [1.29, 1.82) is 0 Å². The predicted octanol–water partition coefficient (Wildman–Crippen LogP) is 1.63. The van der Waals surface area contributed by atoms with E-state index in [9.17, 15) is 13.2 Å². The van der Waals surface area contributed by atoms with Crippen molar-refractivity contribution in [3.63, 3.8) is 0 Å². The molecule has 0 aromatic heterocycles. The molecule has 5 nitrogen and oxygen atoms in total. The summed E-state index contributed by atoms with van der Waals surface area (Å²) in [7, 11) is -4.26. The van der Waals surface area contributed by atoms with Crippen LogP contribution in [0.2, 0.25) is 0 Å². The van der Waals surface area contributed by atoms with Crippen molar-refractivity contribution in [3.8, 4) is 0 Å². The first-order valence-corrected chi connectivity index (χ1v) is 5.05. The number of hydrogen-bond acceptors (Lipinski definition) is 4. The summed E-state index contributed by atoms with van der Waals surface area (Å²) >= 11 is 0. The third-order valence-electron chi connectivity index (χ3n) is 1.62. The fourth-order valence-electron chi connectivity index (χ4n) is 0.989. The van der Waals surface area contributed by atoms with Crippen LogP contribution in [0.4, 0.5) is 5.69 Å². The van der Waals surface area contributed by atoms with Gasteiger partial charge in [0.1, 0.15) is 0 Å². The first kappa shape index (κ1) is 13.8. The van der Waals surface area contributed by atoms with Crippen molar-refractivity contribution >= 4 is 34.3 Å². The standard InChI is InChI=1S/C8H7NO4S.ClH/c1-6-2-3-7(9-5-10)4-8(6)14(11,12)13;/h2-4H,1H3,(H,11,12,13);1H. The molecule has 0 unspecified atom stereocenters. The van der Waals surface area contributed by atoms with Gasteiger partial charge in [-0.1, -0.05) is 6.07 Å². The zero-order valence-electron chi connectivity index (χ0n) is 7.67. The lowest BCUT2D eigenvalue weighted by Gasteiger charge is -2.01. The van der Waals surface area contributed by atoms with Crippen LogP contribution in [0.5, 0.6) is 0 Å². The van der Waals surface area contributed by atoms with Crippen molar-refractivity contribution in [1.82, 2.24) is 0 Å². The summed E-state index contributed by atoms with van der Waals surface area (Å²) in [4.78, 5) is 12.9. The van der Waals surface area contributed by atoms with Crippen LogP contribution in [0.15, 0.2) is 28.1 Å². The van der Waals surface area contributed by atoms with Crippen LogP contribution in [0.25, 0.3) is 0 Å². The second-order valence-corrected chi connectivity index (χ2v) is 4.02. The highest BCUT2D eigenvalue weighted by Crippen LogP contribution is 2.21. The van der Waals surface area contributed by atoms with Gasteiger partial charge in [0.2, 0.25) is 6.08 Å². The molecule has 15 heavy (non-hydrogen) atoms. The Balaban J connectivity index is 0.00000196. The molecule has 1 N–H and O–H groups in total. The SMILES string of the molecule is Cc1ccc(N=C=O)cc1S(=O)(=O)O.Cl. The van der Waals surface area contributed by atoms with E-state index in [-0.39, 0.29) is 23.0 Å². The first-order chi connectivity index (χ1) is 6.45. The molecule has 0 radical (unpaired) electrons. The number of carbonyl (C=O) groups excluding carboxylic acids is 1. The Hall–Kier alpha value is -1.20. The largest absolute Gasteiger partial charge is 0.294 e. The van der Waals surface area contributed by atoms with E-state index in [0.29, 0.717) is 5.56 Å². The number of hydrogen-bond donors (Lipinski definition) is 1. The van der Waals surface area contributed by atoms with Crippen molar-refractivity contribution in [2.75, 3.05) is 0 Å². The third-order valence-corrected chi connectivity index (χ3v) is 2.62. The van der Waals surface area contributed by atoms with E-state index in [1.807, 2.05) is 0 Å². The summed E-state index contributed by atoms with van der Waals surface area (Å²) in [6.07, 6.45) is 1.28. The van der Waals surface area contributed by atoms with Gasteiger partial charge in [-0.3, -0.25) is 4.55 Å². The molecule has 0 bridgehead atoms. The number of rotatable bonds is 2. The van der Waals surface area contributed by atoms with Crippen LogP contribution < -0.4 is 0 Å². The van der Waals surface area contributed by atoms with E-state index in [4.69, 9.17) is 4.55 Å². The monoisotopic (exact) mass is 249 g/mol. The second-order valence-electron chi connectivity index (χ2n) is 2.63. The fraction of sp³-hybridized carbons (Fsp3) is 0.125. The van der Waals surface area contributed by atoms with Gasteiger partial charge in [0, 0.05) is 0 Å². The molecule has 0 heterocycles. The van der Waals surface area contributed by atoms with Gasteiger partial charge < -0.3 is 0 Å². The van der Waals surface area contributed by atoms with Gasteiger partial charge in [-0.05, 0) is 24.6 Å². The molecule has 0 fully saturated rings. The third kappa shape index (κ3) is 3.45. The minimum absolute atomic E-state index is 0. The maximum absolute atomic E-state index is 10.8. The van der Waals surface area contributed by atoms with E-state index < -0.39 is 10.1 Å². The number of halogens is 1. The maximum Gasteiger partial charge on any atom is 0.294 e. The van der Waals surface area contributed by atoms with Gasteiger partial charge in [0.15, 0.2) is 0 Å². The molecule has 0 aliphatic carbocycles. The normalized spacial score (nSPS) is 10.0. The van der Waals surface area contributed by atoms with E-state index in [2.05, 4.69) is 4.99 Å². The van der Waals surface area contributed by atoms with Crippen molar-refractivity contribution in [3.05, 3.63) is 23.8 Å². The van der Waals surface area contributed by atoms with Crippen LogP contribution in [0, 0.1) is 6.92 Å². The molecule has 1 aromatic rings. The average molecular weight is 250 g/mol. The highest BCUT2D eigenvalue weighted by atomic mass is 35.5. The lowest BCUT2D eigenvalue weighted by Crippen LogP contribution is -2.00. The second kappa shape index (κ2) is 5.04. The van der Waals surface area contributed by atoms with Gasteiger partial charge in [0.25, 0.3) is 10.1 Å². The summed E-state index contributed by atoms with van der Waals surface area (Å²) in [5.41, 5.74) is 0.524. The molecule has 1 aromatic carbocycles. The van der Waals surface area contributed by atoms with Gasteiger partial charge in [-0.15, -0.1) is 12.4 Å². The lowest BCUT2D eigenvalue weighted by atomic mass is 10.2. The molecule has 82 valence electrons. The number of aliphatic imine (C=N–C) groups is 1. The van der Waals surface area contributed by atoms with Crippen LogP contribution in [0.1, 0.15) is 5.56 Å². The summed E-state index contributed by atoms with van der Waals surface area (Å²) in [6, 6.07) is 4.00. The molecule has 0 amide bonds. The maximum atomic E-state index is 10.8. The number of nitrogens with zero attached hydrogens (tertiary/aromatic N) is 1. The molecule has 0 spiro atoms. The molecular formula is C8H8ClNO4S. The van der Waals surface area contributed by atoms with Crippen LogP contribution in [-0.4, -0.2) is 19.1 Å². The minimum Gasteiger partial charge on any atom is -0.282 e. The Morgan fingerprint density at radius 3 is 2.47 bits per heavy atom. The molecule has 0 saturated carbocycles. The van der Waals surface area contributed by atoms with Crippen LogP contribution in [-0.2, 0) is 14.9 Å². The molecule has 0 saturated heterocycles. The summed E-state index contributed by atoms with van der Waals surface area (Å²) in [5.74, 6) is 0. The summed E-state index contributed by atoms with van der Waals surface area (Å²) < 4.78 is 30.4. The number of benzene rings is 1. The quantitative estimate of drug-likeness (QED) is 0.490. The number of aryl methyl sites for hydroxylation is 1. The Morgan fingerprint density at radius 2 is 2.00 bits per heavy atom. The minimum atomic E-state index is -4.26. The average Bonchev–Trinajstić information content (AvgIpc) is 2.07. The lowest BCUT2D eigenvalue weighted by molar-refractivity contribution is 0.482. The topological polar surface area (TPSA) is 83.8 Å². The highest BCUT2D eigenvalue weighted by Gasteiger charge is 2.13. The first-order valence-electron chi connectivity index (χ1n) is 3.61. The van der Waals surface area contributed by atoms with Gasteiger partial charge in [0.05, 0.1) is 10.6 Å². The smallest absolute Gasteiger partial charge is 0.282 e. The zero-order valence-corrected chi connectivity index (χ0v) is 9.30. The predicted molar refractivity (Wildman–Crippen MR) is 56.0 cm³/mol. The van der Waals surface area contributed by atoms with E-state index in [1.165, 1.54) is 25.1 Å². The van der Waals surface area contributed by atoms with Gasteiger partial charge in [-0.25, -0.2) is 4.79 Å². The molecule has 0 aliphatic rings. The van der Waals surface area contributed by atoms with Gasteiger partial charge >= 0.3 is 0 Å². The summed E-state index contributed by atoms with van der Waals surface area (Å²) in [5, 5.41) is 0. The molecule has 1 rings (SSSR count). The van der Waals surface area contributed by atoms with Crippen LogP contribution in [0.3, 0.4) is 0 Å². The van der Waals surface area contributed by atoms with Crippen molar-refractivity contribution in [2.45, 2.75) is 11.8 Å². The van der Waals surface area contributed by atoms with Crippen LogP contribution >= 0.6 is 12.4 Å². The number of isocyanates is 1. The Bertz CT molecular complexity index is 505. The fourth-order valence-corrected chi connectivity index (χ4v) is 1.73. The molecule has 0 atom stereocenters. The van der Waals surface area contributed by atoms with E-state index >= 15 is 0 Å². The molecule has 0 aliphatic heterocycles. The Morgan fingerprint density at radius 1 is 1.40 bits per heavy atom. The Labute approximate surface area is 93.0 Å². The van der Waals surface area contributed by atoms with Gasteiger partial charge in [-0.2, -0.15) is 13.4 Å². The zero-order chi connectivity index (χ0) is 10.8. The molecular weight excluding hydrogens is 242 g/mol.